The summed E-state index contributed by atoms with van der Waals surface area (Å²) < 4.78 is 22.4. The van der Waals surface area contributed by atoms with Gasteiger partial charge in [0.2, 0.25) is 16.0 Å². The van der Waals surface area contributed by atoms with Crippen LogP contribution >= 0.6 is 0 Å². The van der Waals surface area contributed by atoms with Crippen molar-refractivity contribution in [2.75, 3.05) is 18.0 Å². The minimum atomic E-state index is -3.75. The summed E-state index contributed by atoms with van der Waals surface area (Å²) in [5.74, 6) is 0.911. The first-order valence-corrected chi connectivity index (χ1v) is 8.08. The van der Waals surface area contributed by atoms with Crippen molar-refractivity contribution in [1.29, 1.82) is 0 Å². The van der Waals surface area contributed by atoms with E-state index < -0.39 is 10.0 Å². The molecule has 21 heavy (non-hydrogen) atoms. The molecule has 3 heterocycles. The first-order chi connectivity index (χ1) is 10.0. The molecule has 1 aliphatic heterocycles. The maximum absolute atomic E-state index is 11.2. The van der Waals surface area contributed by atoms with Crippen LogP contribution in [0.1, 0.15) is 17.9 Å². The Hall–Kier alpha value is -2.06. The van der Waals surface area contributed by atoms with Crippen molar-refractivity contribution in [2.45, 2.75) is 17.2 Å². The van der Waals surface area contributed by atoms with Crippen molar-refractivity contribution in [2.24, 2.45) is 5.14 Å². The summed E-state index contributed by atoms with van der Waals surface area (Å²) in [7, 11) is -3.75. The molecule has 1 saturated heterocycles. The summed E-state index contributed by atoms with van der Waals surface area (Å²) in [5.41, 5.74) is 1.20. The summed E-state index contributed by atoms with van der Waals surface area (Å²) >= 11 is 0. The number of pyridine rings is 1. The Kier molecular flexibility index (Phi) is 3.56. The number of aromatic nitrogens is 3. The van der Waals surface area contributed by atoms with Crippen LogP contribution in [0.2, 0.25) is 0 Å². The van der Waals surface area contributed by atoms with E-state index in [-0.39, 0.29) is 4.90 Å². The minimum absolute atomic E-state index is 0.0748. The zero-order valence-corrected chi connectivity index (χ0v) is 12.1. The van der Waals surface area contributed by atoms with E-state index in [1.54, 1.807) is 6.20 Å². The predicted molar refractivity (Wildman–Crippen MR) is 77.2 cm³/mol. The Labute approximate surface area is 122 Å². The molecule has 0 amide bonds. The fraction of sp³-hybridized carbons (Fsp3) is 0.308. The van der Waals surface area contributed by atoms with E-state index in [0.717, 1.165) is 19.5 Å². The molecule has 2 N–H and O–H groups in total. The zero-order chi connectivity index (χ0) is 14.9. The highest BCUT2D eigenvalue weighted by Gasteiger charge is 2.25. The highest BCUT2D eigenvalue weighted by Crippen LogP contribution is 2.28. The fourth-order valence-electron chi connectivity index (χ4n) is 2.45. The van der Waals surface area contributed by atoms with Gasteiger partial charge in [-0.15, -0.1) is 0 Å². The van der Waals surface area contributed by atoms with Crippen LogP contribution in [0.15, 0.2) is 41.8 Å². The summed E-state index contributed by atoms with van der Waals surface area (Å²) in [6, 6.07) is 3.99. The largest absolute Gasteiger partial charge is 0.340 e. The number of sulfonamides is 1. The molecule has 0 saturated carbocycles. The Bertz CT molecular complexity index is 718. The minimum Gasteiger partial charge on any atom is -0.340 e. The average molecular weight is 305 g/mol. The molecule has 1 fully saturated rings. The molecular weight excluding hydrogens is 290 g/mol. The van der Waals surface area contributed by atoms with Crippen molar-refractivity contribution >= 4 is 16.0 Å². The Morgan fingerprint density at radius 3 is 2.62 bits per heavy atom. The molecule has 110 valence electrons. The molecule has 1 unspecified atom stereocenters. The van der Waals surface area contributed by atoms with Gasteiger partial charge in [0.15, 0.2) is 0 Å². The Morgan fingerprint density at radius 1 is 1.24 bits per heavy atom. The van der Waals surface area contributed by atoms with Crippen LogP contribution in [0.3, 0.4) is 0 Å². The van der Waals surface area contributed by atoms with E-state index in [9.17, 15) is 8.42 Å². The summed E-state index contributed by atoms with van der Waals surface area (Å²) in [5, 5.41) is 5.03. The number of rotatable bonds is 3. The molecule has 0 spiro atoms. The summed E-state index contributed by atoms with van der Waals surface area (Å²) in [6.07, 6.45) is 7.11. The lowest BCUT2D eigenvalue weighted by atomic mass is 10.0. The van der Waals surface area contributed by atoms with E-state index in [0.29, 0.717) is 11.9 Å². The monoisotopic (exact) mass is 305 g/mol. The first-order valence-electron chi connectivity index (χ1n) is 6.54. The van der Waals surface area contributed by atoms with Gasteiger partial charge in [0.25, 0.3) is 0 Å². The molecule has 0 radical (unpaired) electrons. The third kappa shape index (κ3) is 3.01. The predicted octanol–water partition coefficient (Wildman–Crippen LogP) is 0.513. The quantitative estimate of drug-likeness (QED) is 0.886. The van der Waals surface area contributed by atoms with Crippen LogP contribution in [0.5, 0.6) is 0 Å². The van der Waals surface area contributed by atoms with Crippen molar-refractivity contribution in [3.63, 3.8) is 0 Å². The maximum atomic E-state index is 11.2. The zero-order valence-electron chi connectivity index (χ0n) is 11.3. The van der Waals surface area contributed by atoms with Gasteiger partial charge in [-0.2, -0.15) is 0 Å². The van der Waals surface area contributed by atoms with E-state index in [1.807, 2.05) is 17.2 Å². The van der Waals surface area contributed by atoms with E-state index >= 15 is 0 Å². The molecule has 0 aromatic carbocycles. The second-order valence-electron chi connectivity index (χ2n) is 4.98. The van der Waals surface area contributed by atoms with Crippen LogP contribution in [0.4, 0.5) is 5.95 Å². The van der Waals surface area contributed by atoms with Crippen LogP contribution in [0.25, 0.3) is 0 Å². The molecule has 7 nitrogen and oxygen atoms in total. The van der Waals surface area contributed by atoms with Crippen molar-refractivity contribution in [3.05, 3.63) is 42.5 Å². The van der Waals surface area contributed by atoms with Gasteiger partial charge in [-0.3, -0.25) is 4.98 Å². The normalized spacial score (nSPS) is 18.9. The number of hydrogen-bond acceptors (Lipinski definition) is 6. The lowest BCUT2D eigenvalue weighted by molar-refractivity contribution is 0.597. The van der Waals surface area contributed by atoms with Gasteiger partial charge in [0.1, 0.15) is 4.90 Å². The molecule has 2 aromatic heterocycles. The van der Waals surface area contributed by atoms with Crippen LogP contribution in [-0.2, 0) is 10.0 Å². The first kappa shape index (κ1) is 13.9. The number of primary sulfonamides is 1. The highest BCUT2D eigenvalue weighted by molar-refractivity contribution is 7.89. The molecule has 0 bridgehead atoms. The molecule has 3 rings (SSSR count). The standard InChI is InChI=1S/C13H15N5O2S/c14-21(19,20)12-7-16-13(17-8-12)18-5-3-11(9-18)10-2-1-4-15-6-10/h1-2,4,6-8,11H,3,5,9H2,(H2,14,19,20). The number of nitrogens with two attached hydrogens (primary N) is 1. The second-order valence-corrected chi connectivity index (χ2v) is 6.54. The van der Waals surface area contributed by atoms with E-state index in [4.69, 9.17) is 5.14 Å². The molecule has 2 aromatic rings. The van der Waals surface area contributed by atoms with Crippen LogP contribution < -0.4 is 10.0 Å². The summed E-state index contributed by atoms with van der Waals surface area (Å²) in [4.78, 5) is 14.3. The van der Waals surface area contributed by atoms with Crippen molar-refractivity contribution in [1.82, 2.24) is 15.0 Å². The highest BCUT2D eigenvalue weighted by atomic mass is 32.2. The molecular formula is C13H15N5O2S. The van der Waals surface area contributed by atoms with Gasteiger partial charge in [0.05, 0.1) is 12.4 Å². The topological polar surface area (TPSA) is 102 Å². The lowest BCUT2D eigenvalue weighted by Crippen LogP contribution is -2.22. The molecule has 1 aliphatic rings. The van der Waals surface area contributed by atoms with E-state index in [1.165, 1.54) is 18.0 Å². The van der Waals surface area contributed by atoms with Gasteiger partial charge >= 0.3 is 0 Å². The van der Waals surface area contributed by atoms with Gasteiger partial charge in [0, 0.05) is 31.4 Å². The van der Waals surface area contributed by atoms with Crippen LogP contribution in [0, 0.1) is 0 Å². The van der Waals surface area contributed by atoms with Crippen molar-refractivity contribution in [3.8, 4) is 0 Å². The lowest BCUT2D eigenvalue weighted by Gasteiger charge is -2.16. The van der Waals surface area contributed by atoms with Crippen LogP contribution in [-0.4, -0.2) is 36.5 Å². The SMILES string of the molecule is NS(=O)(=O)c1cnc(N2CCC(c3cccnc3)C2)nc1. The molecule has 0 aliphatic carbocycles. The van der Waals surface area contributed by atoms with Gasteiger partial charge in [-0.25, -0.2) is 23.5 Å². The van der Waals surface area contributed by atoms with Gasteiger partial charge in [-0.05, 0) is 18.1 Å². The van der Waals surface area contributed by atoms with E-state index in [2.05, 4.69) is 21.0 Å². The number of anilines is 1. The summed E-state index contributed by atoms with van der Waals surface area (Å²) in [6.45, 7) is 1.62. The third-order valence-corrected chi connectivity index (χ3v) is 4.44. The number of hydrogen-bond donors (Lipinski definition) is 1. The smallest absolute Gasteiger partial charge is 0.241 e. The average Bonchev–Trinajstić information content (AvgIpc) is 2.97. The molecule has 8 heteroatoms. The van der Waals surface area contributed by atoms with Gasteiger partial charge in [-0.1, -0.05) is 6.07 Å². The fourth-order valence-corrected chi connectivity index (χ4v) is 2.85. The Morgan fingerprint density at radius 2 is 2.00 bits per heavy atom. The van der Waals surface area contributed by atoms with Gasteiger partial charge < -0.3 is 4.90 Å². The third-order valence-electron chi connectivity index (χ3n) is 3.57. The Balaban J connectivity index is 1.75. The molecule has 1 atom stereocenters. The second kappa shape index (κ2) is 5.38. The van der Waals surface area contributed by atoms with Crippen molar-refractivity contribution < 1.29 is 8.42 Å². The maximum Gasteiger partial charge on any atom is 0.241 e. The number of nitrogens with zero attached hydrogens (tertiary/aromatic N) is 4.